The van der Waals surface area contributed by atoms with Gasteiger partial charge in [0.1, 0.15) is 5.60 Å². The normalized spacial score (nSPS) is 21.4. The molecule has 0 aromatic rings. The number of alkyl carbamates (subject to hydrolysis) is 1. The van der Waals surface area contributed by atoms with E-state index in [9.17, 15) is 4.79 Å². The second-order valence-corrected chi connectivity index (χ2v) is 4.69. The van der Waals surface area contributed by atoms with E-state index in [-0.39, 0.29) is 24.5 Å². The lowest BCUT2D eigenvalue weighted by atomic mass is 10.1. The number of nitrogens with one attached hydrogen (secondary N) is 2. The molecule has 0 aliphatic carbocycles. The van der Waals surface area contributed by atoms with Crippen LogP contribution in [-0.2, 0) is 4.74 Å². The first-order valence-corrected chi connectivity index (χ1v) is 5.17. The zero-order valence-corrected chi connectivity index (χ0v) is 10.4. The number of piperidine rings is 1. The molecule has 0 bridgehead atoms. The van der Waals surface area contributed by atoms with E-state index >= 15 is 0 Å². The minimum Gasteiger partial charge on any atom is -0.444 e. The van der Waals surface area contributed by atoms with Gasteiger partial charge in [-0.3, -0.25) is 0 Å². The van der Waals surface area contributed by atoms with Crippen LogP contribution in [0.5, 0.6) is 0 Å². The monoisotopic (exact) mass is 236 g/mol. The van der Waals surface area contributed by atoms with Gasteiger partial charge in [-0.1, -0.05) is 0 Å². The molecule has 1 rings (SSSR count). The quantitative estimate of drug-likeness (QED) is 0.729. The van der Waals surface area contributed by atoms with Gasteiger partial charge in [-0.15, -0.1) is 12.4 Å². The maximum atomic E-state index is 11.4. The number of rotatable bonds is 1. The Morgan fingerprint density at radius 1 is 1.47 bits per heavy atom. The molecule has 2 N–H and O–H groups in total. The average Bonchev–Trinajstić information content (AvgIpc) is 2.02. The Hall–Kier alpha value is -0.480. The fourth-order valence-electron chi connectivity index (χ4n) is 1.45. The largest absolute Gasteiger partial charge is 0.444 e. The van der Waals surface area contributed by atoms with Crippen LogP contribution in [0.4, 0.5) is 4.79 Å². The maximum Gasteiger partial charge on any atom is 0.407 e. The van der Waals surface area contributed by atoms with Crippen molar-refractivity contribution in [3.05, 3.63) is 0 Å². The number of carbonyl (C=O) groups excluding carboxylic acids is 1. The van der Waals surface area contributed by atoms with E-state index in [4.69, 9.17) is 4.74 Å². The van der Waals surface area contributed by atoms with E-state index in [1.54, 1.807) is 0 Å². The Morgan fingerprint density at radius 2 is 2.13 bits per heavy atom. The predicted octanol–water partition coefficient (Wildman–Crippen LogP) is 1.68. The van der Waals surface area contributed by atoms with Crippen molar-refractivity contribution in [1.29, 1.82) is 0 Å². The van der Waals surface area contributed by atoms with Crippen LogP contribution in [0.1, 0.15) is 33.6 Å². The molecule has 0 spiro atoms. The highest BCUT2D eigenvalue weighted by molar-refractivity contribution is 5.85. The second kappa shape index (κ2) is 6.18. The van der Waals surface area contributed by atoms with Crippen molar-refractivity contribution in [3.63, 3.8) is 0 Å². The molecule has 0 aromatic carbocycles. The van der Waals surface area contributed by atoms with Crippen LogP contribution in [0.15, 0.2) is 0 Å². The highest BCUT2D eigenvalue weighted by Gasteiger charge is 2.20. The van der Waals surface area contributed by atoms with Crippen LogP contribution >= 0.6 is 12.4 Å². The predicted molar refractivity (Wildman–Crippen MR) is 62.5 cm³/mol. The van der Waals surface area contributed by atoms with Crippen molar-refractivity contribution in [2.75, 3.05) is 13.1 Å². The lowest BCUT2D eigenvalue weighted by Crippen LogP contribution is -2.47. The summed E-state index contributed by atoms with van der Waals surface area (Å²) in [7, 11) is 0. The van der Waals surface area contributed by atoms with E-state index in [0.717, 1.165) is 25.9 Å². The van der Waals surface area contributed by atoms with Crippen LogP contribution in [0.3, 0.4) is 0 Å². The Bertz CT molecular complexity index is 198. The maximum absolute atomic E-state index is 11.4. The average molecular weight is 237 g/mol. The lowest BCUT2D eigenvalue weighted by Gasteiger charge is -2.26. The van der Waals surface area contributed by atoms with Crippen molar-refractivity contribution in [1.82, 2.24) is 10.6 Å². The van der Waals surface area contributed by atoms with E-state index < -0.39 is 5.60 Å². The van der Waals surface area contributed by atoms with E-state index in [0.29, 0.717) is 0 Å². The molecule has 1 amide bonds. The van der Waals surface area contributed by atoms with Gasteiger partial charge in [0.25, 0.3) is 0 Å². The molecule has 0 aromatic heterocycles. The third kappa shape index (κ3) is 6.57. The first kappa shape index (κ1) is 14.5. The number of amides is 1. The van der Waals surface area contributed by atoms with Crippen molar-refractivity contribution in [2.45, 2.75) is 45.3 Å². The van der Waals surface area contributed by atoms with Gasteiger partial charge >= 0.3 is 6.09 Å². The van der Waals surface area contributed by atoms with Gasteiger partial charge in [0, 0.05) is 12.6 Å². The third-order valence-electron chi connectivity index (χ3n) is 2.02. The fraction of sp³-hybridized carbons (Fsp3) is 0.900. The molecular weight excluding hydrogens is 216 g/mol. The fourth-order valence-corrected chi connectivity index (χ4v) is 1.45. The summed E-state index contributed by atoms with van der Waals surface area (Å²) in [5.74, 6) is 0. The van der Waals surface area contributed by atoms with Gasteiger partial charge in [-0.25, -0.2) is 4.79 Å². The molecule has 0 radical (unpaired) electrons. The number of carbonyl (C=O) groups is 1. The highest BCUT2D eigenvalue weighted by atomic mass is 35.5. The van der Waals surface area contributed by atoms with Crippen molar-refractivity contribution in [2.24, 2.45) is 0 Å². The van der Waals surface area contributed by atoms with Gasteiger partial charge < -0.3 is 15.4 Å². The van der Waals surface area contributed by atoms with Crippen LogP contribution in [0.25, 0.3) is 0 Å². The van der Waals surface area contributed by atoms with Gasteiger partial charge in [0.2, 0.25) is 0 Å². The lowest BCUT2D eigenvalue weighted by molar-refractivity contribution is 0.0497. The first-order valence-electron chi connectivity index (χ1n) is 5.17. The van der Waals surface area contributed by atoms with Crippen LogP contribution < -0.4 is 10.6 Å². The molecule has 1 atom stereocenters. The molecular formula is C10H21ClN2O2. The Labute approximate surface area is 97.5 Å². The molecule has 1 fully saturated rings. The number of ether oxygens (including phenoxy) is 1. The van der Waals surface area contributed by atoms with Gasteiger partial charge in [-0.2, -0.15) is 0 Å². The Balaban J connectivity index is 0.00000196. The third-order valence-corrected chi connectivity index (χ3v) is 2.02. The van der Waals surface area contributed by atoms with E-state index in [1.807, 2.05) is 20.8 Å². The van der Waals surface area contributed by atoms with Crippen molar-refractivity contribution >= 4 is 18.5 Å². The summed E-state index contributed by atoms with van der Waals surface area (Å²) in [6, 6.07) is 0.221. The van der Waals surface area contributed by atoms with Gasteiger partial charge in [0.15, 0.2) is 0 Å². The highest BCUT2D eigenvalue weighted by Crippen LogP contribution is 2.08. The standard InChI is InChI=1S/C10H20N2O2.ClH/c1-10(2,3)14-9(13)12-8-5-4-6-11-7-8;/h8,11H,4-7H2,1-3H3,(H,12,13);1H/t8-;/m0./s1. The molecule has 5 heteroatoms. The summed E-state index contributed by atoms with van der Waals surface area (Å²) in [5, 5.41) is 6.08. The van der Waals surface area contributed by atoms with Crippen LogP contribution in [0.2, 0.25) is 0 Å². The zero-order valence-electron chi connectivity index (χ0n) is 9.63. The summed E-state index contributed by atoms with van der Waals surface area (Å²) in [5.41, 5.74) is -0.411. The molecule has 1 aliphatic rings. The van der Waals surface area contributed by atoms with Crippen molar-refractivity contribution in [3.8, 4) is 0 Å². The van der Waals surface area contributed by atoms with Gasteiger partial charge in [-0.05, 0) is 40.2 Å². The Kier molecular flexibility index (Phi) is 5.98. The second-order valence-electron chi connectivity index (χ2n) is 4.69. The molecule has 1 saturated heterocycles. The molecule has 15 heavy (non-hydrogen) atoms. The van der Waals surface area contributed by atoms with Crippen LogP contribution in [0, 0.1) is 0 Å². The topological polar surface area (TPSA) is 50.4 Å². The smallest absolute Gasteiger partial charge is 0.407 e. The first-order chi connectivity index (χ1) is 6.47. The molecule has 1 heterocycles. The summed E-state index contributed by atoms with van der Waals surface area (Å²) in [4.78, 5) is 11.4. The van der Waals surface area contributed by atoms with Crippen LogP contribution in [-0.4, -0.2) is 30.8 Å². The molecule has 0 saturated carbocycles. The zero-order chi connectivity index (χ0) is 10.6. The SMILES string of the molecule is CC(C)(C)OC(=O)N[C@H]1CCCNC1.Cl. The van der Waals surface area contributed by atoms with Crippen molar-refractivity contribution < 1.29 is 9.53 Å². The summed E-state index contributed by atoms with van der Waals surface area (Å²) in [6.45, 7) is 7.49. The summed E-state index contributed by atoms with van der Waals surface area (Å²) >= 11 is 0. The van der Waals surface area contributed by atoms with Gasteiger partial charge in [0.05, 0.1) is 0 Å². The number of halogens is 1. The number of hydrogen-bond donors (Lipinski definition) is 2. The minimum atomic E-state index is -0.411. The Morgan fingerprint density at radius 3 is 2.60 bits per heavy atom. The van der Waals surface area contributed by atoms with E-state index in [1.165, 1.54) is 0 Å². The molecule has 4 nitrogen and oxygen atoms in total. The van der Waals surface area contributed by atoms with E-state index in [2.05, 4.69) is 10.6 Å². The minimum absolute atomic E-state index is 0. The molecule has 0 unspecified atom stereocenters. The number of hydrogen-bond acceptors (Lipinski definition) is 3. The summed E-state index contributed by atoms with van der Waals surface area (Å²) in [6.07, 6.45) is 1.83. The molecule has 1 aliphatic heterocycles. The molecule has 90 valence electrons. The summed E-state index contributed by atoms with van der Waals surface area (Å²) < 4.78 is 5.16.